The highest BCUT2D eigenvalue weighted by Gasteiger charge is 2.36. The summed E-state index contributed by atoms with van der Waals surface area (Å²) < 4.78 is 17.8. The molecule has 1 aromatic carbocycles. The van der Waals surface area contributed by atoms with Crippen LogP contribution in [-0.2, 0) is 14.3 Å². The smallest absolute Gasteiger partial charge is 0.252 e. The number of nitrogens with zero attached hydrogens (tertiary/aromatic N) is 1. The lowest BCUT2D eigenvalue weighted by Crippen LogP contribution is -2.48. The Morgan fingerprint density at radius 1 is 1.43 bits per heavy atom. The van der Waals surface area contributed by atoms with Crippen molar-refractivity contribution in [2.24, 2.45) is 0 Å². The van der Waals surface area contributed by atoms with Crippen LogP contribution in [-0.4, -0.2) is 47.6 Å². The van der Waals surface area contributed by atoms with Crippen LogP contribution in [0.5, 0.6) is 0 Å². The Kier molecular flexibility index (Phi) is 5.19. The lowest BCUT2D eigenvalue weighted by atomic mass is 10.2. The van der Waals surface area contributed by atoms with Gasteiger partial charge in [-0.25, -0.2) is 4.39 Å². The summed E-state index contributed by atoms with van der Waals surface area (Å²) in [6.45, 7) is 1.65. The van der Waals surface area contributed by atoms with E-state index in [4.69, 9.17) is 4.74 Å². The van der Waals surface area contributed by atoms with E-state index < -0.39 is 12.1 Å². The molecule has 2 atom stereocenters. The highest BCUT2D eigenvalue weighted by Crippen LogP contribution is 2.23. The van der Waals surface area contributed by atoms with E-state index >= 15 is 0 Å². The van der Waals surface area contributed by atoms with Crippen molar-refractivity contribution in [2.75, 3.05) is 24.1 Å². The second kappa shape index (κ2) is 6.91. The maximum Gasteiger partial charge on any atom is 0.252 e. The monoisotopic (exact) mass is 312 g/mol. The summed E-state index contributed by atoms with van der Waals surface area (Å²) in [4.78, 5) is 25.9. The normalized spacial score (nSPS) is 19.4. The van der Waals surface area contributed by atoms with E-state index in [2.05, 4.69) is 5.32 Å². The fourth-order valence-corrected chi connectivity index (χ4v) is 3.13. The van der Waals surface area contributed by atoms with Crippen molar-refractivity contribution in [3.63, 3.8) is 0 Å². The molecule has 1 heterocycles. The first kappa shape index (κ1) is 15.8. The third kappa shape index (κ3) is 3.74. The van der Waals surface area contributed by atoms with Gasteiger partial charge >= 0.3 is 0 Å². The topological polar surface area (TPSA) is 58.6 Å². The first-order valence-electron chi connectivity index (χ1n) is 6.50. The molecule has 1 aromatic rings. The fraction of sp³-hybridized carbons (Fsp3) is 0.429. The first-order valence-corrected chi connectivity index (χ1v) is 7.66. The predicted octanol–water partition coefficient (Wildman–Crippen LogP) is 1.70. The Morgan fingerprint density at radius 3 is 2.71 bits per heavy atom. The molecule has 0 aliphatic carbocycles. The van der Waals surface area contributed by atoms with Gasteiger partial charge in [0.1, 0.15) is 18.0 Å². The van der Waals surface area contributed by atoms with E-state index in [1.165, 1.54) is 48.0 Å². The number of benzene rings is 1. The van der Waals surface area contributed by atoms with Crippen LogP contribution in [0.3, 0.4) is 0 Å². The molecule has 1 fully saturated rings. The maximum absolute atomic E-state index is 12.8. The summed E-state index contributed by atoms with van der Waals surface area (Å²) in [7, 11) is 1.46. The summed E-state index contributed by atoms with van der Waals surface area (Å²) in [5.41, 5.74) is 0.505. The number of ether oxygens (including phenoxy) is 1. The summed E-state index contributed by atoms with van der Waals surface area (Å²) in [6.07, 6.45) is -0.579. The molecule has 0 radical (unpaired) electrons. The molecule has 2 unspecified atom stereocenters. The minimum absolute atomic E-state index is 0.207. The molecule has 0 saturated carbocycles. The molecule has 5 nitrogen and oxygen atoms in total. The molecule has 0 spiro atoms. The Labute approximate surface area is 126 Å². The van der Waals surface area contributed by atoms with Gasteiger partial charge in [-0.3, -0.25) is 9.59 Å². The van der Waals surface area contributed by atoms with E-state index in [1.54, 1.807) is 6.92 Å². The molecule has 7 heteroatoms. The first-order chi connectivity index (χ1) is 10.0. The fourth-order valence-electron chi connectivity index (χ4n) is 1.97. The van der Waals surface area contributed by atoms with Gasteiger partial charge in [-0.15, -0.1) is 11.8 Å². The van der Waals surface area contributed by atoms with Crippen molar-refractivity contribution < 1.29 is 18.7 Å². The van der Waals surface area contributed by atoms with Gasteiger partial charge in [0.2, 0.25) is 5.91 Å². The number of thioether (sulfide) groups is 1. The summed E-state index contributed by atoms with van der Waals surface area (Å²) in [5, 5.41) is 2.70. The molecule has 114 valence electrons. The molecular weight excluding hydrogens is 295 g/mol. The van der Waals surface area contributed by atoms with Crippen molar-refractivity contribution in [3.8, 4) is 0 Å². The molecule has 1 aliphatic rings. The Morgan fingerprint density at radius 2 is 2.10 bits per heavy atom. The number of rotatable bonds is 4. The van der Waals surface area contributed by atoms with Crippen molar-refractivity contribution in [2.45, 2.75) is 19.1 Å². The van der Waals surface area contributed by atoms with Crippen LogP contribution in [0, 0.1) is 5.82 Å². The number of anilines is 1. The number of nitrogens with one attached hydrogen (secondary N) is 1. The van der Waals surface area contributed by atoms with Crippen LogP contribution in [0.1, 0.15) is 6.92 Å². The van der Waals surface area contributed by atoms with E-state index in [1.807, 2.05) is 0 Å². The Hall–Kier alpha value is -1.60. The van der Waals surface area contributed by atoms with Crippen molar-refractivity contribution in [1.82, 2.24) is 4.90 Å². The molecule has 1 saturated heterocycles. The molecule has 1 aliphatic heterocycles. The molecule has 0 bridgehead atoms. The average Bonchev–Trinajstić information content (AvgIpc) is 2.97. The number of methoxy groups -OCH3 is 1. The molecule has 21 heavy (non-hydrogen) atoms. The largest absolute Gasteiger partial charge is 0.372 e. The number of hydrogen-bond donors (Lipinski definition) is 1. The van der Waals surface area contributed by atoms with Gasteiger partial charge in [-0.05, 0) is 31.2 Å². The highest BCUT2D eigenvalue weighted by molar-refractivity contribution is 7.99. The van der Waals surface area contributed by atoms with E-state index in [0.29, 0.717) is 17.3 Å². The van der Waals surface area contributed by atoms with Crippen LogP contribution in [0.25, 0.3) is 0 Å². The van der Waals surface area contributed by atoms with Gasteiger partial charge in [-0.2, -0.15) is 0 Å². The quantitative estimate of drug-likeness (QED) is 0.919. The minimum atomic E-state index is -0.579. The highest BCUT2D eigenvalue weighted by atomic mass is 32.2. The lowest BCUT2D eigenvalue weighted by Gasteiger charge is -2.25. The van der Waals surface area contributed by atoms with E-state index in [-0.39, 0.29) is 17.6 Å². The summed E-state index contributed by atoms with van der Waals surface area (Å²) in [5.74, 6) is 0.156. The zero-order valence-corrected chi connectivity index (χ0v) is 12.7. The summed E-state index contributed by atoms with van der Waals surface area (Å²) >= 11 is 1.52. The van der Waals surface area contributed by atoms with Crippen LogP contribution < -0.4 is 5.32 Å². The summed E-state index contributed by atoms with van der Waals surface area (Å²) in [6, 6.07) is 4.98. The Balaban J connectivity index is 2.03. The average molecular weight is 312 g/mol. The number of hydrogen-bond acceptors (Lipinski definition) is 4. The third-order valence-electron chi connectivity index (χ3n) is 3.28. The Bertz CT molecular complexity index is 523. The van der Waals surface area contributed by atoms with Crippen LogP contribution in [0.4, 0.5) is 10.1 Å². The third-order valence-corrected chi connectivity index (χ3v) is 4.29. The van der Waals surface area contributed by atoms with Gasteiger partial charge < -0.3 is 15.0 Å². The van der Waals surface area contributed by atoms with Crippen molar-refractivity contribution in [1.29, 1.82) is 0 Å². The van der Waals surface area contributed by atoms with Crippen molar-refractivity contribution in [3.05, 3.63) is 30.1 Å². The molecule has 2 amide bonds. The lowest BCUT2D eigenvalue weighted by molar-refractivity contribution is -0.144. The van der Waals surface area contributed by atoms with E-state index in [0.717, 1.165) is 0 Å². The zero-order chi connectivity index (χ0) is 15.4. The SMILES string of the molecule is COC(C)C(=O)N1CSCC1C(=O)Nc1ccc(F)cc1. The molecule has 1 N–H and O–H groups in total. The van der Waals surface area contributed by atoms with Gasteiger partial charge in [0, 0.05) is 18.6 Å². The van der Waals surface area contributed by atoms with Crippen molar-refractivity contribution >= 4 is 29.3 Å². The second-order valence-electron chi connectivity index (χ2n) is 4.70. The van der Waals surface area contributed by atoms with E-state index in [9.17, 15) is 14.0 Å². The molecule has 2 rings (SSSR count). The van der Waals surface area contributed by atoms with Gasteiger partial charge in [0.25, 0.3) is 5.91 Å². The zero-order valence-electron chi connectivity index (χ0n) is 11.8. The molecular formula is C14H17FN2O3S. The van der Waals surface area contributed by atoms with Gasteiger partial charge in [0.05, 0.1) is 5.88 Å². The van der Waals surface area contributed by atoms with Crippen LogP contribution in [0.2, 0.25) is 0 Å². The molecule has 0 aromatic heterocycles. The van der Waals surface area contributed by atoms with Crippen LogP contribution in [0.15, 0.2) is 24.3 Å². The number of halogens is 1. The van der Waals surface area contributed by atoms with Gasteiger partial charge in [0.15, 0.2) is 0 Å². The number of carbonyl (C=O) groups is 2. The number of amides is 2. The predicted molar refractivity (Wildman–Crippen MR) is 79.5 cm³/mol. The standard InChI is InChI=1S/C14H17FN2O3S/c1-9(20-2)14(19)17-8-21-7-12(17)13(18)16-11-5-3-10(15)4-6-11/h3-6,9,12H,7-8H2,1-2H3,(H,16,18). The second-order valence-corrected chi connectivity index (χ2v) is 5.70. The maximum atomic E-state index is 12.8. The minimum Gasteiger partial charge on any atom is -0.372 e. The number of carbonyl (C=O) groups excluding carboxylic acids is 2. The van der Waals surface area contributed by atoms with Gasteiger partial charge in [-0.1, -0.05) is 0 Å². The van der Waals surface area contributed by atoms with Crippen LogP contribution >= 0.6 is 11.8 Å².